The second-order valence-electron chi connectivity index (χ2n) is 8.19. The van der Waals surface area contributed by atoms with E-state index in [1.54, 1.807) is 4.90 Å². The molecule has 4 rings (SSSR count). The Morgan fingerprint density at radius 2 is 1.91 bits per heavy atom. The van der Waals surface area contributed by atoms with E-state index in [1.165, 1.54) is 36.0 Å². The van der Waals surface area contributed by atoms with Crippen molar-refractivity contribution in [2.24, 2.45) is 15.9 Å². The summed E-state index contributed by atoms with van der Waals surface area (Å²) >= 11 is 1.25. The van der Waals surface area contributed by atoms with E-state index in [4.69, 9.17) is 9.98 Å². The minimum atomic E-state index is -0.484. The topological polar surface area (TPSA) is 74.1 Å². The van der Waals surface area contributed by atoms with Gasteiger partial charge in [0.25, 0.3) is 5.91 Å². The van der Waals surface area contributed by atoms with Gasteiger partial charge in [-0.05, 0) is 55.2 Å². The van der Waals surface area contributed by atoms with Crippen molar-refractivity contribution in [3.8, 4) is 0 Å². The summed E-state index contributed by atoms with van der Waals surface area (Å²) in [5.41, 5.74) is 2.07. The van der Waals surface area contributed by atoms with Crippen molar-refractivity contribution < 1.29 is 14.0 Å². The minimum Gasteiger partial charge on any atom is -0.325 e. The number of carbonyl (C=O) groups is 2. The first kappa shape index (κ1) is 22.2. The molecule has 0 radical (unpaired) electrons. The number of fused-ring (bicyclic) bond motifs is 3. The number of benzene rings is 2. The number of halogens is 1. The Kier molecular flexibility index (Phi) is 6.41. The molecule has 2 aliphatic heterocycles. The van der Waals surface area contributed by atoms with Crippen LogP contribution in [0, 0.1) is 11.7 Å². The fourth-order valence-electron chi connectivity index (χ4n) is 3.69. The number of amides is 2. The highest BCUT2D eigenvalue weighted by molar-refractivity contribution is 8.15. The third kappa shape index (κ3) is 4.46. The van der Waals surface area contributed by atoms with Crippen LogP contribution in [-0.2, 0) is 9.59 Å². The molecule has 2 aromatic rings. The summed E-state index contributed by atoms with van der Waals surface area (Å²) in [7, 11) is 0. The number of thioether (sulfide) groups is 1. The molecule has 0 saturated carbocycles. The number of amidine groups is 2. The fourth-order valence-corrected chi connectivity index (χ4v) is 4.71. The summed E-state index contributed by atoms with van der Waals surface area (Å²) in [6, 6.07) is 12.8. The zero-order valence-corrected chi connectivity index (χ0v) is 19.0. The number of para-hydroxylation sites is 1. The highest BCUT2D eigenvalue weighted by atomic mass is 32.2. The highest BCUT2D eigenvalue weighted by Crippen LogP contribution is 2.36. The third-order valence-electron chi connectivity index (χ3n) is 5.27. The van der Waals surface area contributed by atoms with Crippen molar-refractivity contribution in [1.82, 2.24) is 4.90 Å². The maximum atomic E-state index is 13.2. The Morgan fingerprint density at radius 3 is 2.59 bits per heavy atom. The number of rotatable bonds is 6. The molecule has 0 bridgehead atoms. The van der Waals surface area contributed by atoms with Gasteiger partial charge in [0, 0.05) is 11.3 Å². The maximum absolute atomic E-state index is 13.2. The van der Waals surface area contributed by atoms with Gasteiger partial charge < -0.3 is 5.32 Å². The molecule has 166 valence electrons. The molecule has 32 heavy (non-hydrogen) atoms. The maximum Gasteiger partial charge on any atom is 0.259 e. The normalized spacial score (nSPS) is 18.1. The first-order chi connectivity index (χ1) is 15.4. The molecule has 0 fully saturated rings. The lowest BCUT2D eigenvalue weighted by Gasteiger charge is -2.27. The van der Waals surface area contributed by atoms with E-state index in [1.807, 2.05) is 31.2 Å². The van der Waals surface area contributed by atoms with Crippen molar-refractivity contribution in [3.63, 3.8) is 0 Å². The highest BCUT2D eigenvalue weighted by Gasteiger charge is 2.42. The van der Waals surface area contributed by atoms with Crippen molar-refractivity contribution in [1.29, 1.82) is 0 Å². The average Bonchev–Trinajstić information content (AvgIpc) is 3.09. The van der Waals surface area contributed by atoms with E-state index in [0.29, 0.717) is 35.5 Å². The second kappa shape index (κ2) is 9.24. The molecule has 0 aromatic heterocycles. The first-order valence-electron chi connectivity index (χ1n) is 10.7. The largest absolute Gasteiger partial charge is 0.325 e. The van der Waals surface area contributed by atoms with E-state index in [9.17, 15) is 14.0 Å². The number of hydrogen-bond donors (Lipinski definition) is 1. The van der Waals surface area contributed by atoms with Crippen LogP contribution in [0.2, 0.25) is 0 Å². The van der Waals surface area contributed by atoms with Gasteiger partial charge in [-0.15, -0.1) is 0 Å². The van der Waals surface area contributed by atoms with E-state index in [0.717, 1.165) is 11.3 Å². The van der Waals surface area contributed by atoms with Gasteiger partial charge >= 0.3 is 0 Å². The van der Waals surface area contributed by atoms with Crippen LogP contribution in [0.25, 0.3) is 0 Å². The van der Waals surface area contributed by atoms with Crippen LogP contribution in [0.1, 0.15) is 39.2 Å². The van der Waals surface area contributed by atoms with Crippen LogP contribution < -0.4 is 5.32 Å². The molecule has 0 aliphatic carbocycles. The Balaban J connectivity index is 1.61. The van der Waals surface area contributed by atoms with Crippen molar-refractivity contribution in [3.05, 3.63) is 59.9 Å². The Bertz CT molecular complexity index is 1100. The van der Waals surface area contributed by atoms with Crippen LogP contribution in [-0.4, -0.2) is 39.0 Å². The number of nitrogens with one attached hydrogen (secondary N) is 1. The van der Waals surface area contributed by atoms with Crippen LogP contribution in [0.3, 0.4) is 0 Å². The minimum absolute atomic E-state index is 0.108. The number of anilines is 1. The molecule has 6 nitrogen and oxygen atoms in total. The molecule has 2 atom stereocenters. The number of carbonyl (C=O) groups excluding carboxylic acids is 2. The summed E-state index contributed by atoms with van der Waals surface area (Å²) < 4.78 is 13.2. The molecule has 0 unspecified atom stereocenters. The fraction of sp³-hybridized carbons (Fsp3) is 0.333. The van der Waals surface area contributed by atoms with E-state index < -0.39 is 11.3 Å². The van der Waals surface area contributed by atoms with Gasteiger partial charge in [-0.2, -0.15) is 0 Å². The quantitative estimate of drug-likeness (QED) is 0.672. The molecule has 2 amide bonds. The van der Waals surface area contributed by atoms with Crippen molar-refractivity contribution in [2.45, 2.75) is 44.9 Å². The van der Waals surface area contributed by atoms with Gasteiger partial charge in [0.05, 0.1) is 10.9 Å². The molecule has 8 heteroatoms. The van der Waals surface area contributed by atoms with Gasteiger partial charge in [-0.1, -0.05) is 44.7 Å². The monoisotopic (exact) mass is 452 g/mol. The zero-order valence-electron chi connectivity index (χ0n) is 18.2. The molecule has 0 spiro atoms. The number of nitrogens with zero attached hydrogens (tertiary/aromatic N) is 3. The van der Waals surface area contributed by atoms with E-state index in [2.05, 4.69) is 19.2 Å². The average molecular weight is 453 g/mol. The Hall–Kier alpha value is -3.00. The summed E-state index contributed by atoms with van der Waals surface area (Å²) in [5, 5.41) is 2.79. The molecular weight excluding hydrogens is 427 g/mol. The van der Waals surface area contributed by atoms with E-state index in [-0.39, 0.29) is 17.6 Å². The van der Waals surface area contributed by atoms with Gasteiger partial charge in [0.15, 0.2) is 5.17 Å². The lowest BCUT2D eigenvalue weighted by molar-refractivity contribution is -0.125. The Labute approximate surface area is 191 Å². The summed E-state index contributed by atoms with van der Waals surface area (Å²) in [6.45, 7) is 6.03. The smallest absolute Gasteiger partial charge is 0.259 e. The molecule has 0 saturated heterocycles. The van der Waals surface area contributed by atoms with Gasteiger partial charge in [-0.3, -0.25) is 14.6 Å². The molecule has 2 aliphatic rings. The Morgan fingerprint density at radius 1 is 1.19 bits per heavy atom. The van der Waals surface area contributed by atoms with Crippen molar-refractivity contribution in [2.75, 3.05) is 5.32 Å². The molecular formula is C24H25FN4O2S. The molecule has 2 aromatic carbocycles. The standard InChI is InChI=1S/C24H25FN4O2S/c1-4-20(22(30)26-16-11-9-15(25)10-12-16)32-24-28-18-8-6-5-7-17(18)21-27-19(13-14(2)3)23(31)29(21)24/h5-12,14,19-20H,4,13H2,1-3H3,(H,26,30)/t19-,20+/m0/s1. The molecule has 2 heterocycles. The van der Waals surface area contributed by atoms with Gasteiger partial charge in [0.1, 0.15) is 17.7 Å². The predicted molar refractivity (Wildman–Crippen MR) is 127 cm³/mol. The summed E-state index contributed by atoms with van der Waals surface area (Å²) in [6.07, 6.45) is 1.18. The third-order valence-corrected chi connectivity index (χ3v) is 6.58. The number of hydrogen-bond acceptors (Lipinski definition) is 5. The predicted octanol–water partition coefficient (Wildman–Crippen LogP) is 4.98. The van der Waals surface area contributed by atoms with E-state index >= 15 is 0 Å². The summed E-state index contributed by atoms with van der Waals surface area (Å²) in [5.74, 6) is 0.220. The lowest BCUT2D eigenvalue weighted by Crippen LogP contribution is -2.42. The van der Waals surface area contributed by atoms with Gasteiger partial charge in [0.2, 0.25) is 5.91 Å². The zero-order chi connectivity index (χ0) is 22.8. The number of aliphatic imine (C=N–C) groups is 2. The summed E-state index contributed by atoms with van der Waals surface area (Å²) in [4.78, 5) is 37.2. The lowest BCUT2D eigenvalue weighted by atomic mass is 10.0. The van der Waals surface area contributed by atoms with Crippen molar-refractivity contribution >= 4 is 46.0 Å². The first-order valence-corrected chi connectivity index (χ1v) is 11.6. The van der Waals surface area contributed by atoms with Crippen LogP contribution in [0.5, 0.6) is 0 Å². The SMILES string of the molecule is CC[C@@H](SC1=Nc2ccccc2C2=N[C@@H](CC(C)C)C(=O)N12)C(=O)Nc1ccc(F)cc1. The molecule has 1 N–H and O–H groups in total. The second-order valence-corrected chi connectivity index (χ2v) is 9.36. The van der Waals surface area contributed by atoms with Crippen LogP contribution in [0.4, 0.5) is 15.8 Å². The van der Waals surface area contributed by atoms with Crippen LogP contribution >= 0.6 is 11.8 Å². The van der Waals surface area contributed by atoms with Crippen LogP contribution in [0.15, 0.2) is 58.5 Å². The van der Waals surface area contributed by atoms with Gasteiger partial charge in [-0.25, -0.2) is 14.3 Å².